The first kappa shape index (κ1) is 23.3. The van der Waals surface area contributed by atoms with E-state index in [1.165, 1.54) is 4.31 Å². The molecule has 6 nitrogen and oxygen atoms in total. The van der Waals surface area contributed by atoms with Gasteiger partial charge in [-0.25, -0.2) is 8.42 Å². The molecule has 0 spiro atoms. The molecule has 1 fully saturated rings. The number of carbonyl (C=O) groups is 1. The van der Waals surface area contributed by atoms with Crippen LogP contribution in [-0.4, -0.2) is 38.8 Å². The van der Waals surface area contributed by atoms with E-state index in [0.717, 1.165) is 24.0 Å². The molecule has 0 aliphatic carbocycles. The number of hydrogen-bond acceptors (Lipinski definition) is 4. The molecule has 1 saturated heterocycles. The van der Waals surface area contributed by atoms with E-state index in [9.17, 15) is 13.2 Å². The molecule has 1 heterocycles. The van der Waals surface area contributed by atoms with Crippen LogP contribution in [0.4, 0.5) is 5.69 Å². The molecule has 1 aliphatic rings. The quantitative estimate of drug-likeness (QED) is 0.689. The van der Waals surface area contributed by atoms with Crippen molar-refractivity contribution in [3.8, 4) is 5.75 Å². The van der Waals surface area contributed by atoms with Gasteiger partial charge in [0.2, 0.25) is 15.9 Å². The van der Waals surface area contributed by atoms with E-state index < -0.39 is 10.0 Å². The standard InChI is InChI=1S/C24H32N2O4S/c1-24(2,3)19-10-13-22(30-4)21(17-19)25-23(27)14-9-18-7-11-20(12-8-18)31(28,29)26-15-5-6-16-26/h7-8,10-13,17H,5-6,9,14-16H2,1-4H3,(H,25,27). The Hall–Kier alpha value is -2.38. The summed E-state index contributed by atoms with van der Waals surface area (Å²) in [5, 5.41) is 2.95. The number of nitrogens with zero attached hydrogens (tertiary/aromatic N) is 1. The lowest BCUT2D eigenvalue weighted by Crippen LogP contribution is -2.27. The summed E-state index contributed by atoms with van der Waals surface area (Å²) in [4.78, 5) is 12.9. The van der Waals surface area contributed by atoms with Gasteiger partial charge in [-0.3, -0.25) is 4.79 Å². The summed E-state index contributed by atoms with van der Waals surface area (Å²) in [6.07, 6.45) is 2.64. The van der Waals surface area contributed by atoms with Crippen LogP contribution in [0.5, 0.6) is 5.75 Å². The van der Waals surface area contributed by atoms with Crippen LogP contribution in [0, 0.1) is 0 Å². The maximum atomic E-state index is 12.6. The van der Waals surface area contributed by atoms with Crippen molar-refractivity contribution in [2.45, 2.75) is 56.8 Å². The van der Waals surface area contributed by atoms with E-state index in [0.29, 0.717) is 42.3 Å². The third kappa shape index (κ3) is 5.66. The monoisotopic (exact) mass is 444 g/mol. The fraction of sp³-hybridized carbons (Fsp3) is 0.458. The van der Waals surface area contributed by atoms with Gasteiger partial charge in [0, 0.05) is 19.5 Å². The van der Waals surface area contributed by atoms with Crippen molar-refractivity contribution in [2.75, 3.05) is 25.5 Å². The maximum absolute atomic E-state index is 12.6. The predicted molar refractivity (Wildman–Crippen MR) is 123 cm³/mol. The molecule has 2 aromatic carbocycles. The zero-order valence-corrected chi connectivity index (χ0v) is 19.6. The second kappa shape index (κ2) is 9.40. The number of aryl methyl sites for hydroxylation is 1. The number of sulfonamides is 1. The van der Waals surface area contributed by atoms with Gasteiger partial charge in [0.05, 0.1) is 17.7 Å². The Morgan fingerprint density at radius 2 is 1.71 bits per heavy atom. The van der Waals surface area contributed by atoms with Crippen LogP contribution in [0.3, 0.4) is 0 Å². The fourth-order valence-electron chi connectivity index (χ4n) is 3.65. The molecule has 168 valence electrons. The summed E-state index contributed by atoms with van der Waals surface area (Å²) >= 11 is 0. The van der Waals surface area contributed by atoms with Crippen molar-refractivity contribution >= 4 is 21.6 Å². The minimum absolute atomic E-state index is 0.0388. The molecule has 7 heteroatoms. The Bertz CT molecular complexity index is 1020. The van der Waals surface area contributed by atoms with E-state index in [1.807, 2.05) is 18.2 Å². The van der Waals surface area contributed by atoms with Crippen molar-refractivity contribution < 1.29 is 17.9 Å². The highest BCUT2D eigenvalue weighted by molar-refractivity contribution is 7.89. The van der Waals surface area contributed by atoms with Gasteiger partial charge >= 0.3 is 0 Å². The summed E-state index contributed by atoms with van der Waals surface area (Å²) in [6.45, 7) is 7.53. The minimum atomic E-state index is -3.41. The Morgan fingerprint density at radius 1 is 1.06 bits per heavy atom. The summed E-state index contributed by atoms with van der Waals surface area (Å²) < 4.78 is 32.2. The first-order valence-corrected chi connectivity index (χ1v) is 12.1. The summed E-state index contributed by atoms with van der Waals surface area (Å²) in [5.74, 6) is 0.510. The number of benzene rings is 2. The van der Waals surface area contributed by atoms with Crippen molar-refractivity contribution in [3.05, 3.63) is 53.6 Å². The van der Waals surface area contributed by atoms with E-state index in [1.54, 1.807) is 31.4 Å². The lowest BCUT2D eigenvalue weighted by atomic mass is 9.87. The molecule has 2 aromatic rings. The second-order valence-electron chi connectivity index (χ2n) is 8.97. The predicted octanol–water partition coefficient (Wildman–Crippen LogP) is 4.35. The van der Waals surface area contributed by atoms with Gasteiger partial charge in [-0.15, -0.1) is 0 Å². The van der Waals surface area contributed by atoms with Crippen molar-refractivity contribution in [1.82, 2.24) is 4.31 Å². The molecule has 0 unspecified atom stereocenters. The van der Waals surface area contributed by atoms with Crippen molar-refractivity contribution in [2.24, 2.45) is 0 Å². The lowest BCUT2D eigenvalue weighted by Gasteiger charge is -2.21. The van der Waals surface area contributed by atoms with Gasteiger partial charge < -0.3 is 10.1 Å². The van der Waals surface area contributed by atoms with E-state index in [2.05, 4.69) is 26.1 Å². The zero-order valence-electron chi connectivity index (χ0n) is 18.8. The largest absolute Gasteiger partial charge is 0.495 e. The van der Waals surface area contributed by atoms with E-state index >= 15 is 0 Å². The van der Waals surface area contributed by atoms with Crippen molar-refractivity contribution in [1.29, 1.82) is 0 Å². The number of rotatable bonds is 7. The van der Waals surface area contributed by atoms with Crippen LogP contribution in [0.2, 0.25) is 0 Å². The second-order valence-corrected chi connectivity index (χ2v) is 10.9. The van der Waals surface area contributed by atoms with Crippen LogP contribution in [-0.2, 0) is 26.7 Å². The highest BCUT2D eigenvalue weighted by Crippen LogP contribution is 2.31. The molecular weight excluding hydrogens is 412 g/mol. The molecule has 0 bridgehead atoms. The van der Waals surface area contributed by atoms with Crippen LogP contribution in [0.15, 0.2) is 47.4 Å². The molecule has 0 aromatic heterocycles. The third-order valence-corrected chi connectivity index (χ3v) is 7.52. The van der Waals surface area contributed by atoms with E-state index in [-0.39, 0.29) is 11.3 Å². The number of carbonyl (C=O) groups excluding carboxylic acids is 1. The van der Waals surface area contributed by atoms with Crippen LogP contribution in [0.25, 0.3) is 0 Å². The summed E-state index contributed by atoms with van der Waals surface area (Å²) in [6, 6.07) is 12.7. The molecule has 1 aliphatic heterocycles. The van der Waals surface area contributed by atoms with Crippen LogP contribution in [0.1, 0.15) is 51.2 Å². The number of anilines is 1. The number of amides is 1. The molecule has 1 N–H and O–H groups in total. The van der Waals surface area contributed by atoms with Crippen molar-refractivity contribution in [3.63, 3.8) is 0 Å². The zero-order chi connectivity index (χ0) is 22.6. The summed E-state index contributed by atoms with van der Waals surface area (Å²) in [7, 11) is -1.83. The number of methoxy groups -OCH3 is 1. The SMILES string of the molecule is COc1ccc(C(C)(C)C)cc1NC(=O)CCc1ccc(S(=O)(=O)N2CCCC2)cc1. The first-order chi connectivity index (χ1) is 14.6. The smallest absolute Gasteiger partial charge is 0.243 e. The summed E-state index contributed by atoms with van der Waals surface area (Å²) in [5.41, 5.74) is 2.65. The van der Waals surface area contributed by atoms with Gasteiger partial charge in [0.15, 0.2) is 0 Å². The molecule has 31 heavy (non-hydrogen) atoms. The number of hydrogen-bond donors (Lipinski definition) is 1. The Morgan fingerprint density at radius 3 is 2.29 bits per heavy atom. The Kier molecular flexibility index (Phi) is 7.06. The topological polar surface area (TPSA) is 75.7 Å². The molecule has 0 radical (unpaired) electrons. The van der Waals surface area contributed by atoms with Gasteiger partial charge in [-0.05, 0) is 60.1 Å². The van der Waals surface area contributed by atoms with Gasteiger partial charge in [0.1, 0.15) is 5.75 Å². The van der Waals surface area contributed by atoms with Gasteiger partial charge in [-0.2, -0.15) is 4.31 Å². The molecule has 1 amide bonds. The van der Waals surface area contributed by atoms with Gasteiger partial charge in [0.25, 0.3) is 0 Å². The average Bonchev–Trinajstić information content (AvgIpc) is 3.28. The number of nitrogens with one attached hydrogen (secondary N) is 1. The average molecular weight is 445 g/mol. The number of ether oxygens (including phenoxy) is 1. The Labute approximate surface area is 185 Å². The van der Waals surface area contributed by atoms with Crippen LogP contribution >= 0.6 is 0 Å². The molecule has 3 rings (SSSR count). The van der Waals surface area contributed by atoms with Gasteiger partial charge in [-0.1, -0.05) is 39.0 Å². The Balaban J connectivity index is 1.62. The lowest BCUT2D eigenvalue weighted by molar-refractivity contribution is -0.116. The van der Waals surface area contributed by atoms with E-state index in [4.69, 9.17) is 4.74 Å². The normalized spacial score (nSPS) is 15.1. The fourth-order valence-corrected chi connectivity index (χ4v) is 5.17. The highest BCUT2D eigenvalue weighted by atomic mass is 32.2. The molecule has 0 atom stereocenters. The molecule has 0 saturated carbocycles. The van der Waals surface area contributed by atoms with Crippen LogP contribution < -0.4 is 10.1 Å². The molecular formula is C24H32N2O4S. The minimum Gasteiger partial charge on any atom is -0.495 e. The first-order valence-electron chi connectivity index (χ1n) is 10.7. The third-order valence-electron chi connectivity index (χ3n) is 5.61. The maximum Gasteiger partial charge on any atom is 0.243 e. The highest BCUT2D eigenvalue weighted by Gasteiger charge is 2.26.